The van der Waals surface area contributed by atoms with Gasteiger partial charge >= 0.3 is 7.12 Å². The van der Waals surface area contributed by atoms with Crippen LogP contribution in [0.4, 0.5) is 0 Å². The van der Waals surface area contributed by atoms with Crippen molar-refractivity contribution in [3.8, 4) is 85.0 Å². The van der Waals surface area contributed by atoms with Crippen molar-refractivity contribution in [2.24, 2.45) is 0 Å². The van der Waals surface area contributed by atoms with Gasteiger partial charge in [0.05, 0.1) is 34.9 Å². The van der Waals surface area contributed by atoms with Gasteiger partial charge in [-0.25, -0.2) is 0 Å². The average molecular weight is 968 g/mol. The molecule has 0 aromatic heterocycles. The SMILES string of the molecule is Brc1cc(Br)cc(-c2ccc(-c3ccccc3)cc2)c1.N#Cc1cccc(-c2cc(-c3ccc(-c4ccccc4)cc3)cc(-c3cccc(C#N)c3)c2)c1.N#Cc1cccc(B(O)O)c1. The summed E-state index contributed by atoms with van der Waals surface area (Å²) < 4.78 is 2.16. The van der Waals surface area contributed by atoms with Crippen molar-refractivity contribution in [2.75, 3.05) is 0 Å². The fraction of sp³-hybridized carbons (Fsp3) is 0. The smallest absolute Gasteiger partial charge is 0.423 e. The molecule has 5 nitrogen and oxygen atoms in total. The van der Waals surface area contributed by atoms with E-state index in [-0.39, 0.29) is 0 Å². The van der Waals surface area contributed by atoms with Gasteiger partial charge in [0, 0.05) is 8.95 Å². The first kappa shape index (κ1) is 45.4. The minimum absolute atomic E-state index is 0.337. The maximum atomic E-state index is 9.37. The van der Waals surface area contributed by atoms with E-state index in [1.54, 1.807) is 18.2 Å². The van der Waals surface area contributed by atoms with Crippen LogP contribution in [0.3, 0.4) is 0 Å². The molecule has 0 fully saturated rings. The highest BCUT2D eigenvalue weighted by atomic mass is 79.9. The van der Waals surface area contributed by atoms with Crippen molar-refractivity contribution in [1.82, 2.24) is 0 Å². The molecule has 0 saturated carbocycles. The Bertz CT molecular complexity index is 3080. The molecule has 0 spiro atoms. The molecule has 0 aliphatic rings. The second-order valence-electron chi connectivity index (χ2n) is 14.8. The van der Waals surface area contributed by atoms with Crippen molar-refractivity contribution < 1.29 is 10.0 Å². The minimum atomic E-state index is -1.50. The van der Waals surface area contributed by atoms with Crippen LogP contribution in [0.1, 0.15) is 16.7 Å². The zero-order chi connectivity index (χ0) is 45.5. The summed E-state index contributed by atoms with van der Waals surface area (Å²) in [7, 11) is -1.50. The summed E-state index contributed by atoms with van der Waals surface area (Å²) in [6.07, 6.45) is 0. The molecular weight excluding hydrogens is 929 g/mol. The van der Waals surface area contributed by atoms with E-state index in [1.807, 2.05) is 84.9 Å². The van der Waals surface area contributed by atoms with Gasteiger partial charge in [-0.3, -0.25) is 0 Å². The van der Waals surface area contributed by atoms with Crippen LogP contribution in [0.2, 0.25) is 0 Å². The van der Waals surface area contributed by atoms with Crippen molar-refractivity contribution in [1.29, 1.82) is 15.8 Å². The van der Waals surface area contributed by atoms with E-state index in [4.69, 9.17) is 15.3 Å². The predicted molar refractivity (Wildman–Crippen MR) is 271 cm³/mol. The van der Waals surface area contributed by atoms with Crippen molar-refractivity contribution in [2.45, 2.75) is 0 Å². The number of benzene rings is 9. The first-order valence-corrected chi connectivity index (χ1v) is 22.1. The Hall–Kier alpha value is -7.61. The summed E-state index contributed by atoms with van der Waals surface area (Å²) in [5, 5.41) is 44.6. The third kappa shape index (κ3) is 12.3. The number of hydrogen-bond acceptors (Lipinski definition) is 5. The highest BCUT2D eigenvalue weighted by molar-refractivity contribution is 9.11. The first-order valence-electron chi connectivity index (χ1n) is 20.5. The fourth-order valence-corrected chi connectivity index (χ4v) is 8.42. The van der Waals surface area contributed by atoms with E-state index in [0.717, 1.165) is 42.3 Å². The Labute approximate surface area is 396 Å². The minimum Gasteiger partial charge on any atom is -0.423 e. The molecular formula is C57H38BBr2N3O2. The quantitative estimate of drug-likeness (QED) is 0.155. The zero-order valence-corrected chi connectivity index (χ0v) is 38.0. The van der Waals surface area contributed by atoms with Crippen LogP contribution < -0.4 is 5.46 Å². The lowest BCUT2D eigenvalue weighted by atomic mass is 9.80. The molecule has 0 bridgehead atoms. The molecule has 0 unspecified atom stereocenters. The molecule has 9 aromatic rings. The van der Waals surface area contributed by atoms with E-state index >= 15 is 0 Å². The molecule has 2 N–H and O–H groups in total. The lowest BCUT2D eigenvalue weighted by Gasteiger charge is -2.12. The molecule has 0 radical (unpaired) electrons. The maximum absolute atomic E-state index is 9.37. The lowest BCUT2D eigenvalue weighted by molar-refractivity contribution is 0.426. The number of nitrogens with zero attached hydrogens (tertiary/aromatic N) is 3. The number of hydrogen-bond donors (Lipinski definition) is 2. The Morgan fingerprint density at radius 1 is 0.292 bits per heavy atom. The molecule has 0 atom stereocenters. The van der Waals surface area contributed by atoms with Crippen LogP contribution in [0.25, 0.3) is 66.8 Å². The molecule has 0 amide bonds. The Balaban J connectivity index is 0.000000170. The van der Waals surface area contributed by atoms with E-state index in [0.29, 0.717) is 22.2 Å². The number of halogens is 2. The van der Waals surface area contributed by atoms with Crippen LogP contribution in [0, 0.1) is 34.0 Å². The highest BCUT2D eigenvalue weighted by Crippen LogP contribution is 2.35. The van der Waals surface area contributed by atoms with Gasteiger partial charge in [-0.2, -0.15) is 15.8 Å². The topological polar surface area (TPSA) is 112 Å². The maximum Gasteiger partial charge on any atom is 0.488 e. The highest BCUT2D eigenvalue weighted by Gasteiger charge is 2.11. The molecule has 0 saturated heterocycles. The summed E-state index contributed by atoms with van der Waals surface area (Å²) in [5.41, 5.74) is 15.5. The number of nitriles is 3. The van der Waals surface area contributed by atoms with E-state index in [2.05, 4.69) is 159 Å². The Morgan fingerprint density at radius 3 is 0.985 bits per heavy atom. The average Bonchev–Trinajstić information content (AvgIpc) is 3.37. The molecule has 310 valence electrons. The van der Waals surface area contributed by atoms with E-state index in [9.17, 15) is 10.5 Å². The summed E-state index contributed by atoms with van der Waals surface area (Å²) >= 11 is 7.06. The van der Waals surface area contributed by atoms with Gasteiger partial charge in [0.25, 0.3) is 0 Å². The molecule has 0 aliphatic carbocycles. The first-order chi connectivity index (χ1) is 31.7. The van der Waals surface area contributed by atoms with E-state index in [1.165, 1.54) is 39.4 Å². The summed E-state index contributed by atoms with van der Waals surface area (Å²) in [6.45, 7) is 0. The summed E-state index contributed by atoms with van der Waals surface area (Å²) in [4.78, 5) is 0. The van der Waals surface area contributed by atoms with Crippen LogP contribution in [-0.2, 0) is 0 Å². The molecule has 0 aliphatic heterocycles. The van der Waals surface area contributed by atoms with Crippen LogP contribution >= 0.6 is 31.9 Å². The normalized spacial score (nSPS) is 10.1. The van der Waals surface area contributed by atoms with Gasteiger partial charge in [0.2, 0.25) is 0 Å². The van der Waals surface area contributed by atoms with Gasteiger partial charge in [-0.05, 0) is 145 Å². The second kappa shape index (κ2) is 22.1. The molecule has 9 aromatic carbocycles. The van der Waals surface area contributed by atoms with Crippen LogP contribution in [0.15, 0.2) is 227 Å². The fourth-order valence-electron chi connectivity index (χ4n) is 7.12. The summed E-state index contributed by atoms with van der Waals surface area (Å²) in [6, 6.07) is 78.6. The third-order valence-corrected chi connectivity index (χ3v) is 11.3. The van der Waals surface area contributed by atoms with Crippen LogP contribution in [-0.4, -0.2) is 17.2 Å². The zero-order valence-electron chi connectivity index (χ0n) is 34.9. The van der Waals surface area contributed by atoms with Crippen molar-refractivity contribution in [3.05, 3.63) is 244 Å². The molecule has 65 heavy (non-hydrogen) atoms. The largest absolute Gasteiger partial charge is 0.488 e. The second-order valence-corrected chi connectivity index (χ2v) is 16.7. The van der Waals surface area contributed by atoms with Gasteiger partial charge in [-0.15, -0.1) is 0 Å². The monoisotopic (exact) mass is 965 g/mol. The Kier molecular flexibility index (Phi) is 15.5. The van der Waals surface area contributed by atoms with Gasteiger partial charge in [0.1, 0.15) is 0 Å². The van der Waals surface area contributed by atoms with Gasteiger partial charge in [0.15, 0.2) is 0 Å². The molecule has 8 heteroatoms. The molecule has 9 rings (SSSR count). The summed E-state index contributed by atoms with van der Waals surface area (Å²) in [5.74, 6) is 0. The van der Waals surface area contributed by atoms with E-state index < -0.39 is 7.12 Å². The standard InChI is InChI=1S/C32H20N2.C18H12Br2.C7H6BNO2/c33-21-23-6-4-10-28(16-23)31-18-30(19-32(20-31)29-11-5-7-24(17-29)22-34)27-14-12-26(13-15-27)25-8-2-1-3-9-25;19-17-10-16(11-18(20)12-17)15-8-6-14(7-9-15)13-4-2-1-3-5-13;9-5-6-2-1-3-7(4-6)8(10)11/h1-20H;1-12H;1-4,10-11H. The predicted octanol–water partition coefficient (Wildman–Crippen LogP) is 13.9. The van der Waals surface area contributed by atoms with Gasteiger partial charge < -0.3 is 10.0 Å². The third-order valence-electron chi connectivity index (χ3n) is 10.4. The van der Waals surface area contributed by atoms with Crippen molar-refractivity contribution >= 4 is 44.4 Å². The van der Waals surface area contributed by atoms with Gasteiger partial charge in [-0.1, -0.05) is 177 Å². The Morgan fingerprint density at radius 2 is 0.600 bits per heavy atom. The molecule has 0 heterocycles. The van der Waals surface area contributed by atoms with Crippen LogP contribution in [0.5, 0.6) is 0 Å². The van der Waals surface area contributed by atoms with Crippen molar-refractivity contribution in [3.63, 3.8) is 0 Å². The lowest BCUT2D eigenvalue weighted by Crippen LogP contribution is -2.29. The number of rotatable bonds is 7.